The Balaban J connectivity index is 1.85. The van der Waals surface area contributed by atoms with Crippen LogP contribution < -0.4 is 5.32 Å². The van der Waals surface area contributed by atoms with Crippen molar-refractivity contribution < 1.29 is 23.5 Å². The molecule has 3 aromatic rings. The van der Waals surface area contributed by atoms with Crippen LogP contribution in [0.4, 0.5) is 9.39 Å². The van der Waals surface area contributed by atoms with Gasteiger partial charge in [0, 0.05) is 22.6 Å². The van der Waals surface area contributed by atoms with Crippen molar-refractivity contribution >= 4 is 34.0 Å². The first-order valence-electron chi connectivity index (χ1n) is 9.44. The minimum absolute atomic E-state index is 0.179. The molecule has 31 heavy (non-hydrogen) atoms. The van der Waals surface area contributed by atoms with Crippen molar-refractivity contribution in [3.63, 3.8) is 0 Å². The minimum atomic E-state index is -0.733. The highest BCUT2D eigenvalue weighted by atomic mass is 32.1. The summed E-state index contributed by atoms with van der Waals surface area (Å²) in [5, 5.41) is 4.80. The van der Waals surface area contributed by atoms with E-state index in [-0.39, 0.29) is 17.0 Å². The molecule has 0 saturated carbocycles. The number of halogens is 1. The predicted molar refractivity (Wildman–Crippen MR) is 119 cm³/mol. The lowest BCUT2D eigenvalue weighted by Gasteiger charge is -2.09. The number of hydrogen-bond acceptors (Lipinski definition) is 5. The molecule has 0 aliphatic heterocycles. The summed E-state index contributed by atoms with van der Waals surface area (Å²) in [6, 6.07) is 14.2. The predicted octanol–water partition coefficient (Wildman–Crippen LogP) is 5.50. The Labute approximate surface area is 183 Å². The molecule has 158 valence electrons. The van der Waals surface area contributed by atoms with Gasteiger partial charge in [0.2, 0.25) is 5.91 Å². The van der Waals surface area contributed by atoms with E-state index in [4.69, 9.17) is 4.74 Å². The van der Waals surface area contributed by atoms with Gasteiger partial charge in [-0.25, -0.2) is 9.18 Å². The molecule has 7 heteroatoms. The summed E-state index contributed by atoms with van der Waals surface area (Å²) in [5.74, 6) is -2.02. The molecule has 2 aromatic carbocycles. The van der Waals surface area contributed by atoms with Crippen LogP contribution in [0.25, 0.3) is 11.1 Å². The van der Waals surface area contributed by atoms with Gasteiger partial charge >= 0.3 is 5.97 Å². The van der Waals surface area contributed by atoms with Crippen LogP contribution in [0.15, 0.2) is 71.6 Å². The number of carbonyl (C=O) groups excluding carboxylic acids is 3. The maximum absolute atomic E-state index is 13.0. The Bertz CT molecular complexity index is 1130. The van der Waals surface area contributed by atoms with E-state index >= 15 is 0 Å². The van der Waals surface area contributed by atoms with E-state index in [1.54, 1.807) is 19.2 Å². The number of anilines is 1. The van der Waals surface area contributed by atoms with Crippen LogP contribution in [-0.4, -0.2) is 24.3 Å². The zero-order chi connectivity index (χ0) is 22.4. The number of allylic oxidation sites excluding steroid dienone is 1. The topological polar surface area (TPSA) is 72.5 Å². The molecule has 0 fully saturated rings. The lowest BCUT2D eigenvalue weighted by atomic mass is 10.0. The minimum Gasteiger partial charge on any atom is -0.454 e. The first-order valence-corrected chi connectivity index (χ1v) is 10.3. The Morgan fingerprint density at radius 2 is 1.71 bits per heavy atom. The third-order valence-corrected chi connectivity index (χ3v) is 5.13. The average Bonchev–Trinajstić information content (AvgIpc) is 3.15. The summed E-state index contributed by atoms with van der Waals surface area (Å²) in [4.78, 5) is 37.4. The van der Waals surface area contributed by atoms with Gasteiger partial charge in [-0.2, -0.15) is 0 Å². The second kappa shape index (κ2) is 9.95. The van der Waals surface area contributed by atoms with Crippen LogP contribution >= 0.6 is 11.3 Å². The van der Waals surface area contributed by atoms with E-state index in [0.717, 1.165) is 23.3 Å². The highest BCUT2D eigenvalue weighted by Gasteiger charge is 2.23. The summed E-state index contributed by atoms with van der Waals surface area (Å²) in [5.41, 5.74) is 2.60. The van der Waals surface area contributed by atoms with E-state index in [1.807, 2.05) is 30.3 Å². The van der Waals surface area contributed by atoms with Crippen LogP contribution in [0.1, 0.15) is 34.6 Å². The Kier molecular flexibility index (Phi) is 7.10. The number of ketones is 1. The normalized spacial score (nSPS) is 10.3. The molecule has 0 radical (unpaired) electrons. The van der Waals surface area contributed by atoms with Gasteiger partial charge in [0.15, 0.2) is 12.4 Å². The molecular formula is C24H20FNO4S. The largest absolute Gasteiger partial charge is 0.454 e. The number of rotatable bonds is 7. The molecule has 1 heterocycles. The molecule has 1 aromatic heterocycles. The molecule has 0 aliphatic carbocycles. The highest BCUT2D eigenvalue weighted by Crippen LogP contribution is 2.36. The van der Waals surface area contributed by atoms with Gasteiger partial charge < -0.3 is 10.1 Å². The van der Waals surface area contributed by atoms with Crippen LogP contribution in [0.2, 0.25) is 0 Å². The van der Waals surface area contributed by atoms with Gasteiger partial charge in [-0.15, -0.1) is 11.3 Å². The maximum atomic E-state index is 13.0. The quantitative estimate of drug-likeness (QED) is 0.301. The Morgan fingerprint density at radius 1 is 1.03 bits per heavy atom. The molecule has 5 nitrogen and oxygen atoms in total. The number of carbonyl (C=O) groups is 3. The summed E-state index contributed by atoms with van der Waals surface area (Å²) < 4.78 is 18.3. The van der Waals surface area contributed by atoms with E-state index in [0.29, 0.717) is 10.6 Å². The zero-order valence-corrected chi connectivity index (χ0v) is 17.8. The van der Waals surface area contributed by atoms with Crippen LogP contribution in [-0.2, 0) is 9.53 Å². The molecule has 0 spiro atoms. The lowest BCUT2D eigenvalue weighted by Crippen LogP contribution is -2.17. The molecular weight excluding hydrogens is 417 g/mol. The molecule has 0 bridgehead atoms. The fourth-order valence-electron chi connectivity index (χ4n) is 2.82. The molecule has 0 aliphatic rings. The molecule has 0 saturated heterocycles. The highest BCUT2D eigenvalue weighted by molar-refractivity contribution is 7.15. The molecule has 0 unspecified atom stereocenters. The monoisotopic (exact) mass is 437 g/mol. The second-order valence-corrected chi connectivity index (χ2v) is 7.82. The SMILES string of the molecule is CC(C)=CC(=O)Nc1scc(-c2ccccc2)c1C(=O)OCC(=O)c1ccc(F)cc1. The van der Waals surface area contributed by atoms with Crippen molar-refractivity contribution in [1.29, 1.82) is 0 Å². The van der Waals surface area contributed by atoms with E-state index in [9.17, 15) is 18.8 Å². The van der Waals surface area contributed by atoms with Crippen LogP contribution in [0.5, 0.6) is 0 Å². The summed E-state index contributed by atoms with van der Waals surface area (Å²) in [6.45, 7) is 3.08. The van der Waals surface area contributed by atoms with Gasteiger partial charge in [0.1, 0.15) is 16.4 Å². The number of nitrogens with one attached hydrogen (secondary N) is 1. The van der Waals surface area contributed by atoms with E-state index in [1.165, 1.54) is 29.5 Å². The number of Topliss-reactive ketones (excluding diaryl/α,β-unsaturated/α-hetero) is 1. The van der Waals surface area contributed by atoms with Crippen LogP contribution in [0.3, 0.4) is 0 Å². The smallest absolute Gasteiger partial charge is 0.342 e. The first-order chi connectivity index (χ1) is 14.8. The average molecular weight is 437 g/mol. The van der Waals surface area contributed by atoms with Crippen molar-refractivity contribution in [2.45, 2.75) is 13.8 Å². The third-order valence-electron chi connectivity index (χ3n) is 4.24. The van der Waals surface area contributed by atoms with E-state index < -0.39 is 24.2 Å². The number of hydrogen-bond donors (Lipinski definition) is 1. The molecule has 1 N–H and O–H groups in total. The maximum Gasteiger partial charge on any atom is 0.342 e. The second-order valence-electron chi connectivity index (χ2n) is 6.94. The fraction of sp³-hybridized carbons (Fsp3) is 0.125. The fourth-order valence-corrected chi connectivity index (χ4v) is 3.78. The lowest BCUT2D eigenvalue weighted by molar-refractivity contribution is -0.111. The molecule has 1 amide bonds. The van der Waals surface area contributed by atoms with Crippen molar-refractivity contribution in [3.8, 4) is 11.1 Å². The number of benzene rings is 2. The summed E-state index contributed by atoms with van der Waals surface area (Å²) in [7, 11) is 0. The third kappa shape index (κ3) is 5.73. The first kappa shape index (κ1) is 22.1. The van der Waals surface area contributed by atoms with Crippen molar-refractivity contribution in [2.24, 2.45) is 0 Å². The molecule has 3 rings (SSSR count). The van der Waals surface area contributed by atoms with Gasteiger partial charge in [-0.1, -0.05) is 35.9 Å². The van der Waals surface area contributed by atoms with Gasteiger partial charge in [-0.3, -0.25) is 9.59 Å². The van der Waals surface area contributed by atoms with E-state index in [2.05, 4.69) is 5.32 Å². The van der Waals surface area contributed by atoms with Gasteiger partial charge in [-0.05, 0) is 43.7 Å². The Hall–Kier alpha value is -3.58. The molecule has 0 atom stereocenters. The number of esters is 1. The van der Waals surface area contributed by atoms with Gasteiger partial charge in [0.05, 0.1) is 0 Å². The van der Waals surface area contributed by atoms with Crippen molar-refractivity contribution in [2.75, 3.05) is 11.9 Å². The zero-order valence-electron chi connectivity index (χ0n) is 17.0. The number of ether oxygens (including phenoxy) is 1. The van der Waals surface area contributed by atoms with Crippen molar-refractivity contribution in [3.05, 3.63) is 88.6 Å². The summed E-state index contributed by atoms with van der Waals surface area (Å²) in [6.07, 6.45) is 1.43. The van der Waals surface area contributed by atoms with Gasteiger partial charge in [0.25, 0.3) is 0 Å². The number of amides is 1. The summed E-state index contributed by atoms with van der Waals surface area (Å²) >= 11 is 1.20. The van der Waals surface area contributed by atoms with Crippen molar-refractivity contribution in [1.82, 2.24) is 0 Å². The Morgan fingerprint density at radius 3 is 2.35 bits per heavy atom. The number of thiophene rings is 1. The standard InChI is InChI=1S/C24H20FNO4S/c1-15(2)12-21(28)26-23-22(19(14-31-23)16-6-4-3-5-7-16)24(29)30-13-20(27)17-8-10-18(25)11-9-17/h3-12,14H,13H2,1-2H3,(H,26,28). The van der Waals surface area contributed by atoms with Crippen LogP contribution in [0, 0.1) is 5.82 Å².